The summed E-state index contributed by atoms with van der Waals surface area (Å²) < 4.78 is 0. The molecule has 0 saturated carbocycles. The van der Waals surface area contributed by atoms with Gasteiger partial charge < -0.3 is 10.6 Å². The molecule has 1 aromatic carbocycles. The molecule has 3 nitrogen and oxygen atoms in total. The summed E-state index contributed by atoms with van der Waals surface area (Å²) in [6.07, 6.45) is 3.67. The maximum atomic E-state index is 6.10. The van der Waals surface area contributed by atoms with Crippen LogP contribution in [0.2, 0.25) is 10.0 Å². The molecule has 1 fully saturated rings. The number of benzene rings is 1. The largest absolute Gasteiger partial charge is 0.369 e. The predicted molar refractivity (Wildman–Crippen MR) is 97.2 cm³/mol. The quantitative estimate of drug-likeness (QED) is 0.762. The maximum absolute atomic E-state index is 6.10. The minimum absolute atomic E-state index is 0.707. The van der Waals surface area contributed by atoms with Gasteiger partial charge in [0.15, 0.2) is 0 Å². The van der Waals surface area contributed by atoms with E-state index in [0.29, 0.717) is 10.0 Å². The van der Waals surface area contributed by atoms with Gasteiger partial charge in [-0.3, -0.25) is 4.90 Å². The van der Waals surface area contributed by atoms with Gasteiger partial charge in [-0.05, 0) is 43.5 Å². The Morgan fingerprint density at radius 3 is 2.27 bits per heavy atom. The van der Waals surface area contributed by atoms with Crippen LogP contribution in [-0.4, -0.2) is 44.2 Å². The zero-order valence-corrected chi connectivity index (χ0v) is 14.9. The van der Waals surface area contributed by atoms with Crippen molar-refractivity contribution >= 4 is 28.9 Å². The van der Waals surface area contributed by atoms with Gasteiger partial charge in [-0.2, -0.15) is 0 Å². The first-order chi connectivity index (χ1) is 10.6. The van der Waals surface area contributed by atoms with Crippen LogP contribution in [0.5, 0.6) is 0 Å². The van der Waals surface area contributed by atoms with E-state index < -0.39 is 0 Å². The topological polar surface area (TPSA) is 32.5 Å². The van der Waals surface area contributed by atoms with Gasteiger partial charge in [0.1, 0.15) is 0 Å². The fourth-order valence-corrected chi connectivity index (χ4v) is 3.59. The second-order valence-electron chi connectivity index (χ2n) is 6.30. The van der Waals surface area contributed by atoms with E-state index in [4.69, 9.17) is 28.9 Å². The fraction of sp³-hybridized carbons (Fsp3) is 0.647. The number of hydrogen-bond acceptors (Lipinski definition) is 3. The molecule has 1 heterocycles. The molecule has 0 radical (unpaired) electrons. The van der Waals surface area contributed by atoms with Crippen molar-refractivity contribution in [2.24, 2.45) is 11.7 Å². The highest BCUT2D eigenvalue weighted by molar-refractivity contribution is 6.35. The van der Waals surface area contributed by atoms with Gasteiger partial charge in [0.2, 0.25) is 0 Å². The first-order valence-electron chi connectivity index (χ1n) is 8.22. The average Bonchev–Trinajstić information content (AvgIpc) is 2.47. The van der Waals surface area contributed by atoms with Crippen LogP contribution in [0.25, 0.3) is 0 Å². The van der Waals surface area contributed by atoms with Crippen LogP contribution in [0.4, 0.5) is 5.69 Å². The number of halogens is 2. The summed E-state index contributed by atoms with van der Waals surface area (Å²) in [5.41, 5.74) is 6.69. The van der Waals surface area contributed by atoms with E-state index in [2.05, 4.69) is 16.7 Å². The molecule has 1 saturated heterocycles. The predicted octanol–water partition coefficient (Wildman–Crippen LogP) is 3.88. The Morgan fingerprint density at radius 2 is 1.68 bits per heavy atom. The van der Waals surface area contributed by atoms with Gasteiger partial charge >= 0.3 is 0 Å². The van der Waals surface area contributed by atoms with E-state index in [-0.39, 0.29) is 0 Å². The number of hydrogen-bond donors (Lipinski definition) is 1. The second kappa shape index (κ2) is 8.97. The normalized spacial score (nSPS) is 17.7. The monoisotopic (exact) mass is 343 g/mol. The van der Waals surface area contributed by atoms with Crippen LogP contribution >= 0.6 is 23.2 Å². The molecular formula is C17H27Cl2N3. The Kier molecular flexibility index (Phi) is 7.29. The van der Waals surface area contributed by atoms with Crippen LogP contribution in [0.15, 0.2) is 18.2 Å². The molecule has 0 aliphatic carbocycles. The number of unbranched alkanes of at least 4 members (excludes halogenated alkanes) is 1. The first-order valence-corrected chi connectivity index (χ1v) is 8.97. The van der Waals surface area contributed by atoms with Crippen molar-refractivity contribution in [3.63, 3.8) is 0 Å². The van der Waals surface area contributed by atoms with Gasteiger partial charge in [-0.15, -0.1) is 0 Å². The zero-order valence-electron chi connectivity index (χ0n) is 13.4. The second-order valence-corrected chi connectivity index (χ2v) is 7.18. The molecule has 0 aromatic heterocycles. The summed E-state index contributed by atoms with van der Waals surface area (Å²) in [4.78, 5) is 4.93. The Morgan fingerprint density at radius 1 is 1.05 bits per heavy atom. The summed E-state index contributed by atoms with van der Waals surface area (Å²) >= 11 is 12.2. The lowest BCUT2D eigenvalue weighted by Gasteiger charge is -2.37. The van der Waals surface area contributed by atoms with Crippen molar-refractivity contribution in [2.45, 2.75) is 26.2 Å². The minimum atomic E-state index is 0.707. The van der Waals surface area contributed by atoms with E-state index in [1.807, 2.05) is 12.1 Å². The first kappa shape index (κ1) is 17.9. The third-order valence-electron chi connectivity index (χ3n) is 4.31. The molecule has 5 heteroatoms. The van der Waals surface area contributed by atoms with Gasteiger partial charge in [0.25, 0.3) is 0 Å². The molecule has 1 aliphatic rings. The van der Waals surface area contributed by atoms with Gasteiger partial charge in [0, 0.05) is 48.5 Å². The van der Waals surface area contributed by atoms with E-state index >= 15 is 0 Å². The highest BCUT2D eigenvalue weighted by Crippen LogP contribution is 2.26. The molecule has 1 atom stereocenters. The number of rotatable bonds is 7. The maximum Gasteiger partial charge on any atom is 0.0441 e. The molecular weight excluding hydrogens is 317 g/mol. The smallest absolute Gasteiger partial charge is 0.0441 e. The van der Waals surface area contributed by atoms with Crippen LogP contribution in [0, 0.1) is 5.92 Å². The summed E-state index contributed by atoms with van der Waals surface area (Å²) in [5.74, 6) is 0.749. The average molecular weight is 344 g/mol. The van der Waals surface area contributed by atoms with E-state index in [9.17, 15) is 0 Å². The highest BCUT2D eigenvalue weighted by Gasteiger charge is 2.19. The van der Waals surface area contributed by atoms with Gasteiger partial charge in [0.05, 0.1) is 0 Å². The lowest BCUT2D eigenvalue weighted by Crippen LogP contribution is -2.47. The zero-order chi connectivity index (χ0) is 15.9. The summed E-state index contributed by atoms with van der Waals surface area (Å²) in [7, 11) is 0. The lowest BCUT2D eigenvalue weighted by molar-refractivity contribution is 0.218. The van der Waals surface area contributed by atoms with Crippen LogP contribution < -0.4 is 10.6 Å². The van der Waals surface area contributed by atoms with E-state index in [1.54, 1.807) is 6.07 Å². The van der Waals surface area contributed by atoms with Gasteiger partial charge in [-0.1, -0.05) is 36.5 Å². The highest BCUT2D eigenvalue weighted by atomic mass is 35.5. The van der Waals surface area contributed by atoms with Crippen molar-refractivity contribution < 1.29 is 0 Å². The molecule has 1 aromatic rings. The third kappa shape index (κ3) is 5.62. The molecule has 22 heavy (non-hydrogen) atoms. The summed E-state index contributed by atoms with van der Waals surface area (Å²) in [6.45, 7) is 8.62. The van der Waals surface area contributed by atoms with E-state index in [0.717, 1.165) is 50.7 Å². The lowest BCUT2D eigenvalue weighted by atomic mass is 10.0. The molecule has 2 rings (SSSR count). The SMILES string of the molecule is CC(CCCCN)CN1CCN(c2cc(Cl)cc(Cl)c2)CC1. The Bertz CT molecular complexity index is 439. The molecule has 0 spiro atoms. The van der Waals surface area contributed by atoms with Crippen LogP contribution in [0.3, 0.4) is 0 Å². The molecule has 2 N–H and O–H groups in total. The van der Waals surface area contributed by atoms with Crippen molar-refractivity contribution in [3.05, 3.63) is 28.2 Å². The number of nitrogens with two attached hydrogens (primary N) is 1. The molecule has 0 amide bonds. The van der Waals surface area contributed by atoms with Crippen molar-refractivity contribution in [2.75, 3.05) is 44.2 Å². The van der Waals surface area contributed by atoms with Gasteiger partial charge in [-0.25, -0.2) is 0 Å². The summed E-state index contributed by atoms with van der Waals surface area (Å²) in [5, 5.41) is 1.41. The third-order valence-corrected chi connectivity index (χ3v) is 4.74. The number of piperazine rings is 1. The fourth-order valence-electron chi connectivity index (χ4n) is 3.08. The Labute approximate surface area is 144 Å². The van der Waals surface area contributed by atoms with E-state index in [1.165, 1.54) is 19.4 Å². The Hall–Kier alpha value is -0.480. The molecule has 0 bridgehead atoms. The molecule has 124 valence electrons. The van der Waals surface area contributed by atoms with Crippen molar-refractivity contribution in [1.29, 1.82) is 0 Å². The number of nitrogens with zero attached hydrogens (tertiary/aromatic N) is 2. The van der Waals surface area contributed by atoms with Crippen molar-refractivity contribution in [3.8, 4) is 0 Å². The van der Waals surface area contributed by atoms with Crippen molar-refractivity contribution in [1.82, 2.24) is 4.90 Å². The van der Waals surface area contributed by atoms with Crippen LogP contribution in [-0.2, 0) is 0 Å². The standard InChI is InChI=1S/C17H27Cl2N3/c1-14(4-2-3-5-20)13-21-6-8-22(9-7-21)17-11-15(18)10-16(19)12-17/h10-12,14H,2-9,13,20H2,1H3. The Balaban J connectivity index is 1.77. The summed E-state index contributed by atoms with van der Waals surface area (Å²) in [6, 6.07) is 5.78. The number of anilines is 1. The molecule has 1 unspecified atom stereocenters. The molecule has 1 aliphatic heterocycles. The minimum Gasteiger partial charge on any atom is -0.369 e. The van der Waals surface area contributed by atoms with Crippen LogP contribution in [0.1, 0.15) is 26.2 Å².